The van der Waals surface area contributed by atoms with Crippen LogP contribution >= 0.6 is 0 Å². The molecule has 1 heterocycles. The fraction of sp³-hybridized carbons (Fsp3) is 0.150. The van der Waals surface area contributed by atoms with Crippen LogP contribution in [0.4, 0.5) is 5.69 Å². The third-order valence-electron chi connectivity index (χ3n) is 3.79. The molecule has 2 aromatic carbocycles. The van der Waals surface area contributed by atoms with Crippen LogP contribution in [0.15, 0.2) is 48.5 Å². The van der Waals surface area contributed by atoms with Crippen LogP contribution in [-0.2, 0) is 19.1 Å². The Morgan fingerprint density at radius 1 is 1.04 bits per heavy atom. The van der Waals surface area contributed by atoms with Gasteiger partial charge >= 0.3 is 11.9 Å². The molecule has 6 heteroatoms. The maximum absolute atomic E-state index is 12.6. The first-order chi connectivity index (χ1) is 12.5. The van der Waals surface area contributed by atoms with Crippen molar-refractivity contribution >= 4 is 34.9 Å². The van der Waals surface area contributed by atoms with E-state index in [1.165, 1.54) is 12.1 Å². The molecule has 26 heavy (non-hydrogen) atoms. The fourth-order valence-corrected chi connectivity index (χ4v) is 2.75. The number of fused-ring (bicyclic) bond motifs is 1. The first kappa shape index (κ1) is 17.4. The van der Waals surface area contributed by atoms with Crippen molar-refractivity contribution in [3.8, 4) is 0 Å². The number of anilines is 1. The van der Waals surface area contributed by atoms with Gasteiger partial charge in [0.15, 0.2) is 0 Å². The average molecular weight is 351 g/mol. The normalized spacial score (nSPS) is 14.3. The van der Waals surface area contributed by atoms with Crippen molar-refractivity contribution in [1.29, 1.82) is 0 Å². The van der Waals surface area contributed by atoms with Gasteiger partial charge in [-0.15, -0.1) is 0 Å². The number of rotatable bonds is 4. The molecule has 0 aliphatic carbocycles. The highest BCUT2D eigenvalue weighted by Crippen LogP contribution is 2.38. The number of carbonyl (C=O) groups excluding carboxylic acids is 3. The Hall–Kier alpha value is -3.41. The van der Waals surface area contributed by atoms with E-state index in [-0.39, 0.29) is 11.5 Å². The lowest BCUT2D eigenvalue weighted by molar-refractivity contribution is -0.135. The van der Waals surface area contributed by atoms with E-state index in [0.29, 0.717) is 29.2 Å². The summed E-state index contributed by atoms with van der Waals surface area (Å²) in [5.41, 5.74) is 2.46. The fourth-order valence-electron chi connectivity index (χ4n) is 2.75. The Morgan fingerprint density at radius 2 is 1.77 bits per heavy atom. The van der Waals surface area contributed by atoms with Crippen LogP contribution in [0.2, 0.25) is 0 Å². The minimum atomic E-state index is -0.764. The largest absolute Gasteiger partial charge is 0.492 e. The first-order valence-electron chi connectivity index (χ1n) is 8.12. The smallest absolute Gasteiger partial charge is 0.345 e. The molecule has 1 aliphatic rings. The SMILES string of the molecule is CCOC(=C1C(=O)Nc2cc(C(=O)OC(C)=O)ccc21)c1ccccc1. The Morgan fingerprint density at radius 3 is 2.42 bits per heavy atom. The Bertz CT molecular complexity index is 915. The molecule has 3 rings (SSSR count). The second kappa shape index (κ2) is 7.23. The second-order valence-corrected chi connectivity index (χ2v) is 5.60. The highest BCUT2D eigenvalue weighted by Gasteiger charge is 2.30. The summed E-state index contributed by atoms with van der Waals surface area (Å²) in [6.07, 6.45) is 0. The van der Waals surface area contributed by atoms with Crippen molar-refractivity contribution in [2.24, 2.45) is 0 Å². The van der Waals surface area contributed by atoms with Crippen LogP contribution in [0.5, 0.6) is 0 Å². The van der Waals surface area contributed by atoms with Gasteiger partial charge in [-0.1, -0.05) is 36.4 Å². The van der Waals surface area contributed by atoms with Gasteiger partial charge in [0.2, 0.25) is 0 Å². The van der Waals surface area contributed by atoms with Gasteiger partial charge in [-0.05, 0) is 19.1 Å². The number of carbonyl (C=O) groups is 3. The summed E-state index contributed by atoms with van der Waals surface area (Å²) in [6, 6.07) is 14.0. The Kier molecular flexibility index (Phi) is 4.84. The molecular weight excluding hydrogens is 334 g/mol. The predicted molar refractivity (Wildman–Crippen MR) is 96.1 cm³/mol. The van der Waals surface area contributed by atoms with Crippen molar-refractivity contribution < 1.29 is 23.9 Å². The van der Waals surface area contributed by atoms with Crippen molar-refractivity contribution in [2.75, 3.05) is 11.9 Å². The van der Waals surface area contributed by atoms with E-state index < -0.39 is 11.9 Å². The third kappa shape index (κ3) is 3.35. The molecule has 0 aromatic heterocycles. The topological polar surface area (TPSA) is 81.7 Å². The number of esters is 2. The lowest BCUT2D eigenvalue weighted by Gasteiger charge is -2.12. The zero-order valence-corrected chi connectivity index (χ0v) is 14.4. The zero-order valence-electron chi connectivity index (χ0n) is 14.4. The van der Waals surface area contributed by atoms with E-state index in [1.807, 2.05) is 37.3 Å². The Balaban J connectivity index is 2.08. The van der Waals surface area contributed by atoms with E-state index in [0.717, 1.165) is 12.5 Å². The molecule has 1 N–H and O–H groups in total. The number of amides is 1. The van der Waals surface area contributed by atoms with Gasteiger partial charge in [-0.2, -0.15) is 0 Å². The van der Waals surface area contributed by atoms with E-state index in [9.17, 15) is 14.4 Å². The van der Waals surface area contributed by atoms with Crippen LogP contribution in [0.3, 0.4) is 0 Å². The summed E-state index contributed by atoms with van der Waals surface area (Å²) in [4.78, 5) is 35.4. The molecule has 6 nitrogen and oxygen atoms in total. The van der Waals surface area contributed by atoms with Gasteiger partial charge in [0, 0.05) is 18.1 Å². The van der Waals surface area contributed by atoms with Crippen molar-refractivity contribution in [2.45, 2.75) is 13.8 Å². The molecule has 0 bridgehead atoms. The van der Waals surface area contributed by atoms with Gasteiger partial charge in [-0.25, -0.2) is 4.79 Å². The van der Waals surface area contributed by atoms with Gasteiger partial charge in [0.05, 0.1) is 23.4 Å². The van der Waals surface area contributed by atoms with E-state index in [1.54, 1.807) is 6.07 Å². The monoisotopic (exact) mass is 351 g/mol. The highest BCUT2D eigenvalue weighted by molar-refractivity contribution is 6.36. The van der Waals surface area contributed by atoms with Gasteiger partial charge in [-0.3, -0.25) is 9.59 Å². The molecule has 1 amide bonds. The molecule has 2 aromatic rings. The average Bonchev–Trinajstić information content (AvgIpc) is 2.94. The van der Waals surface area contributed by atoms with Crippen LogP contribution in [0.25, 0.3) is 11.3 Å². The Labute approximate surface area is 150 Å². The van der Waals surface area contributed by atoms with E-state index in [2.05, 4.69) is 10.1 Å². The maximum atomic E-state index is 12.6. The zero-order chi connectivity index (χ0) is 18.7. The van der Waals surface area contributed by atoms with Crippen molar-refractivity contribution in [1.82, 2.24) is 0 Å². The third-order valence-corrected chi connectivity index (χ3v) is 3.79. The summed E-state index contributed by atoms with van der Waals surface area (Å²) in [5.74, 6) is -1.30. The lowest BCUT2D eigenvalue weighted by atomic mass is 10.0. The van der Waals surface area contributed by atoms with Crippen LogP contribution in [-0.4, -0.2) is 24.5 Å². The summed E-state index contributed by atoms with van der Waals surface area (Å²) in [5, 5.41) is 2.74. The molecule has 0 unspecified atom stereocenters. The standard InChI is InChI=1S/C20H17NO5/c1-3-25-18(13-7-5-4-6-8-13)17-15-10-9-14(20(24)26-12(2)22)11-16(15)21-19(17)23/h4-11H,3H2,1-2H3,(H,21,23). The highest BCUT2D eigenvalue weighted by atomic mass is 16.6. The molecule has 0 saturated heterocycles. The lowest BCUT2D eigenvalue weighted by Crippen LogP contribution is -2.09. The molecule has 1 aliphatic heterocycles. The van der Waals surface area contributed by atoms with Gasteiger partial charge in [0.25, 0.3) is 5.91 Å². The minimum absolute atomic E-state index is 0.179. The summed E-state index contributed by atoms with van der Waals surface area (Å²) < 4.78 is 10.3. The molecule has 0 saturated carbocycles. The summed E-state index contributed by atoms with van der Waals surface area (Å²) in [6.45, 7) is 3.40. The van der Waals surface area contributed by atoms with Gasteiger partial charge < -0.3 is 14.8 Å². The van der Waals surface area contributed by atoms with Crippen molar-refractivity contribution in [3.63, 3.8) is 0 Å². The van der Waals surface area contributed by atoms with Crippen LogP contribution in [0, 0.1) is 0 Å². The molecule has 132 valence electrons. The number of hydrogen-bond acceptors (Lipinski definition) is 5. The quantitative estimate of drug-likeness (QED) is 0.396. The number of benzene rings is 2. The molecular formula is C20H17NO5. The van der Waals surface area contributed by atoms with E-state index >= 15 is 0 Å². The van der Waals surface area contributed by atoms with Crippen LogP contribution in [0.1, 0.15) is 35.3 Å². The maximum Gasteiger partial charge on any atom is 0.345 e. The minimum Gasteiger partial charge on any atom is -0.492 e. The summed E-state index contributed by atoms with van der Waals surface area (Å²) >= 11 is 0. The first-order valence-corrected chi connectivity index (χ1v) is 8.12. The number of nitrogens with one attached hydrogen (secondary N) is 1. The summed E-state index contributed by atoms with van der Waals surface area (Å²) in [7, 11) is 0. The number of hydrogen-bond donors (Lipinski definition) is 1. The second-order valence-electron chi connectivity index (χ2n) is 5.60. The number of ether oxygens (including phenoxy) is 2. The molecule has 0 atom stereocenters. The van der Waals surface area contributed by atoms with Gasteiger partial charge in [0.1, 0.15) is 5.76 Å². The van der Waals surface area contributed by atoms with Crippen LogP contribution < -0.4 is 5.32 Å². The predicted octanol–water partition coefficient (Wildman–Crippen LogP) is 3.25. The molecule has 0 spiro atoms. The van der Waals surface area contributed by atoms with Crippen molar-refractivity contribution in [3.05, 3.63) is 65.2 Å². The van der Waals surface area contributed by atoms with E-state index in [4.69, 9.17) is 4.74 Å². The molecule has 0 radical (unpaired) electrons. The molecule has 0 fully saturated rings.